The maximum absolute atomic E-state index is 13.2. The molecule has 5 nitrogen and oxygen atoms in total. The Bertz CT molecular complexity index is 1050. The van der Waals surface area contributed by atoms with Gasteiger partial charge >= 0.3 is 0 Å². The monoisotopic (exact) mass is 377 g/mol. The lowest BCUT2D eigenvalue weighted by Gasteiger charge is -2.40. The summed E-state index contributed by atoms with van der Waals surface area (Å²) in [4.78, 5) is 22.7. The molecule has 142 valence electrons. The quantitative estimate of drug-likeness (QED) is 0.755. The molecule has 2 bridgehead atoms. The van der Waals surface area contributed by atoms with Crippen LogP contribution in [0.25, 0.3) is 11.1 Å². The Morgan fingerprint density at radius 1 is 1.07 bits per heavy atom. The van der Waals surface area contributed by atoms with E-state index in [2.05, 4.69) is 16.0 Å². The van der Waals surface area contributed by atoms with Crippen LogP contribution in [-0.2, 0) is 13.1 Å². The van der Waals surface area contributed by atoms with Gasteiger partial charge in [-0.3, -0.25) is 4.79 Å². The zero-order chi connectivity index (χ0) is 19.1. The number of rotatable bonds is 3. The van der Waals surface area contributed by atoms with E-state index in [0.29, 0.717) is 17.4 Å². The van der Waals surface area contributed by atoms with E-state index in [0.717, 1.165) is 49.4 Å². The molecule has 2 aromatic heterocycles. The van der Waals surface area contributed by atoms with Gasteiger partial charge in [-0.1, -0.05) is 12.1 Å². The number of fused-ring (bicyclic) bond motifs is 4. The Balaban J connectivity index is 1.42. The molecule has 0 saturated carbocycles. The molecule has 1 unspecified atom stereocenters. The Morgan fingerprint density at radius 3 is 2.64 bits per heavy atom. The molecule has 0 aliphatic carbocycles. The second kappa shape index (κ2) is 6.95. The number of hydrogen-bond donors (Lipinski definition) is 1. The van der Waals surface area contributed by atoms with Gasteiger partial charge in [0.05, 0.1) is 18.7 Å². The predicted molar refractivity (Wildman–Crippen MR) is 103 cm³/mol. The molecule has 1 N–H and O–H groups in total. The summed E-state index contributed by atoms with van der Waals surface area (Å²) in [5.74, 6) is 0.681. The lowest BCUT2D eigenvalue weighted by Crippen LogP contribution is -3.13. The van der Waals surface area contributed by atoms with Crippen LogP contribution >= 0.6 is 0 Å². The van der Waals surface area contributed by atoms with Gasteiger partial charge in [0, 0.05) is 47.6 Å². The van der Waals surface area contributed by atoms with E-state index in [-0.39, 0.29) is 11.4 Å². The number of quaternary nitrogens is 1. The average Bonchev–Trinajstić information content (AvgIpc) is 2.71. The van der Waals surface area contributed by atoms with E-state index >= 15 is 0 Å². The molecule has 1 fully saturated rings. The maximum atomic E-state index is 13.2. The second-order valence-electron chi connectivity index (χ2n) is 7.97. The van der Waals surface area contributed by atoms with Crippen LogP contribution in [0.3, 0.4) is 0 Å². The van der Waals surface area contributed by atoms with Crippen LogP contribution in [-0.4, -0.2) is 27.6 Å². The molecule has 5 rings (SSSR count). The summed E-state index contributed by atoms with van der Waals surface area (Å²) in [5, 5.41) is 0. The molecule has 3 atom stereocenters. The third-order valence-corrected chi connectivity index (χ3v) is 6.04. The highest BCUT2D eigenvalue weighted by molar-refractivity contribution is 5.60. The van der Waals surface area contributed by atoms with Crippen molar-refractivity contribution < 1.29 is 9.29 Å². The van der Waals surface area contributed by atoms with Gasteiger partial charge in [0.2, 0.25) is 0 Å². The summed E-state index contributed by atoms with van der Waals surface area (Å²) < 4.78 is 15.1. The van der Waals surface area contributed by atoms with Crippen LogP contribution in [0.1, 0.15) is 23.6 Å². The first-order valence-corrected chi connectivity index (χ1v) is 9.74. The molecule has 1 aromatic carbocycles. The number of hydrogen-bond acceptors (Lipinski definition) is 3. The molecule has 6 heteroatoms. The van der Waals surface area contributed by atoms with Gasteiger partial charge in [-0.2, -0.15) is 0 Å². The molecule has 3 aromatic rings. The third kappa shape index (κ3) is 3.14. The molecular weight excluding hydrogens is 355 g/mol. The zero-order valence-corrected chi connectivity index (χ0v) is 15.5. The average molecular weight is 377 g/mol. The number of pyridine rings is 1. The number of likely N-dealkylation sites (tertiary alicyclic amines) is 1. The van der Waals surface area contributed by atoms with Gasteiger partial charge < -0.3 is 9.47 Å². The Kier molecular flexibility index (Phi) is 4.28. The fourth-order valence-electron chi connectivity index (χ4n) is 4.86. The lowest BCUT2D eigenvalue weighted by molar-refractivity contribution is -0.924. The van der Waals surface area contributed by atoms with Gasteiger partial charge in [0.25, 0.3) is 5.56 Å². The van der Waals surface area contributed by atoms with Crippen LogP contribution in [0.15, 0.2) is 59.9 Å². The first-order valence-electron chi connectivity index (χ1n) is 9.74. The van der Waals surface area contributed by atoms with Gasteiger partial charge in [-0.25, -0.2) is 14.4 Å². The van der Waals surface area contributed by atoms with Gasteiger partial charge in [-0.15, -0.1) is 0 Å². The highest BCUT2D eigenvalue weighted by Crippen LogP contribution is 2.31. The molecule has 2 aliphatic rings. The summed E-state index contributed by atoms with van der Waals surface area (Å²) in [6.45, 7) is 3.70. The number of piperidine rings is 1. The van der Waals surface area contributed by atoms with Crippen molar-refractivity contribution in [3.05, 3.63) is 82.5 Å². The van der Waals surface area contributed by atoms with Gasteiger partial charge in [0.15, 0.2) is 0 Å². The highest BCUT2D eigenvalue weighted by atomic mass is 19.1. The number of nitrogens with one attached hydrogen (secondary N) is 1. The van der Waals surface area contributed by atoms with Crippen molar-refractivity contribution in [1.82, 2.24) is 14.5 Å². The third-order valence-electron chi connectivity index (χ3n) is 6.04. The van der Waals surface area contributed by atoms with Crippen molar-refractivity contribution in [1.29, 1.82) is 0 Å². The lowest BCUT2D eigenvalue weighted by atomic mass is 9.82. The molecule has 2 aliphatic heterocycles. The number of benzene rings is 1. The number of nitrogens with zero attached hydrogens (tertiary/aromatic N) is 3. The van der Waals surface area contributed by atoms with E-state index < -0.39 is 0 Å². The first-order chi connectivity index (χ1) is 13.7. The first kappa shape index (κ1) is 17.3. The van der Waals surface area contributed by atoms with Gasteiger partial charge in [-0.05, 0) is 30.7 Å². The topological polar surface area (TPSA) is 52.2 Å². The zero-order valence-electron chi connectivity index (χ0n) is 15.5. The van der Waals surface area contributed by atoms with Crippen LogP contribution < -0.4 is 10.5 Å². The fourth-order valence-corrected chi connectivity index (χ4v) is 4.86. The van der Waals surface area contributed by atoms with Crippen LogP contribution in [0, 0.1) is 11.7 Å². The van der Waals surface area contributed by atoms with Crippen molar-refractivity contribution in [2.75, 3.05) is 13.1 Å². The fraction of sp³-hybridized carbons (Fsp3) is 0.318. The van der Waals surface area contributed by atoms with Crippen molar-refractivity contribution >= 4 is 0 Å². The SMILES string of the molecule is O=c1c(-c2cncnc2)ccc2n1C[C@H]1C[C@@H]2C[NH+](Cc2ccc(F)cc2)C1. The standard InChI is InChI=1S/C22H21FN4O/c23-19-3-1-15(2-4-19)10-26-11-16-7-17(13-26)21-6-5-20(22(28)27(21)12-16)18-8-24-14-25-9-18/h1-6,8-9,14,16-17H,7,10-13H2/p+1/t16-,17+/m0/s1. The second-order valence-corrected chi connectivity index (χ2v) is 7.97. The van der Waals surface area contributed by atoms with Crippen molar-refractivity contribution in [3.8, 4) is 11.1 Å². The summed E-state index contributed by atoms with van der Waals surface area (Å²) in [5.41, 5.74) is 3.79. The highest BCUT2D eigenvalue weighted by Gasteiger charge is 2.37. The molecular formula is C22H22FN4O+. The van der Waals surface area contributed by atoms with E-state index in [1.54, 1.807) is 12.4 Å². The van der Waals surface area contributed by atoms with Crippen molar-refractivity contribution in [2.24, 2.45) is 5.92 Å². The van der Waals surface area contributed by atoms with E-state index in [1.165, 1.54) is 23.4 Å². The van der Waals surface area contributed by atoms with Crippen LogP contribution in [0.2, 0.25) is 0 Å². The molecule has 28 heavy (non-hydrogen) atoms. The maximum Gasteiger partial charge on any atom is 0.258 e. The molecule has 0 amide bonds. The summed E-state index contributed by atoms with van der Waals surface area (Å²) in [6.07, 6.45) is 5.99. The number of aromatic nitrogens is 3. The molecule has 1 saturated heterocycles. The Morgan fingerprint density at radius 2 is 1.86 bits per heavy atom. The molecule has 4 heterocycles. The molecule has 0 spiro atoms. The molecule has 0 radical (unpaired) electrons. The summed E-state index contributed by atoms with van der Waals surface area (Å²) >= 11 is 0. The normalized spacial score (nSPS) is 23.2. The summed E-state index contributed by atoms with van der Waals surface area (Å²) in [6, 6.07) is 10.8. The van der Waals surface area contributed by atoms with Crippen LogP contribution in [0.5, 0.6) is 0 Å². The predicted octanol–water partition coefficient (Wildman–Crippen LogP) is 1.65. The Hall–Kier alpha value is -2.86. The number of halogens is 1. The largest absolute Gasteiger partial charge is 0.330 e. The smallest absolute Gasteiger partial charge is 0.258 e. The van der Waals surface area contributed by atoms with E-state index in [4.69, 9.17) is 0 Å². The van der Waals surface area contributed by atoms with E-state index in [1.807, 2.05) is 22.8 Å². The van der Waals surface area contributed by atoms with Crippen molar-refractivity contribution in [2.45, 2.75) is 25.4 Å². The van der Waals surface area contributed by atoms with Gasteiger partial charge in [0.1, 0.15) is 18.7 Å². The van der Waals surface area contributed by atoms with Crippen LogP contribution in [0.4, 0.5) is 4.39 Å². The Labute approximate surface area is 162 Å². The summed E-state index contributed by atoms with van der Waals surface area (Å²) in [7, 11) is 0. The minimum Gasteiger partial charge on any atom is -0.330 e. The van der Waals surface area contributed by atoms with Crippen molar-refractivity contribution in [3.63, 3.8) is 0 Å². The minimum absolute atomic E-state index is 0.0592. The van der Waals surface area contributed by atoms with E-state index in [9.17, 15) is 9.18 Å². The minimum atomic E-state index is -0.192.